The summed E-state index contributed by atoms with van der Waals surface area (Å²) in [4.78, 5) is 16.9. The Bertz CT molecular complexity index is 1250. The number of rotatable bonds is 5. The van der Waals surface area contributed by atoms with Crippen LogP contribution < -0.4 is 10.5 Å². The molecule has 0 aliphatic carbocycles. The van der Waals surface area contributed by atoms with Crippen molar-refractivity contribution in [1.82, 2.24) is 19.3 Å². The number of hydrogen-bond acceptors (Lipinski definition) is 5. The van der Waals surface area contributed by atoms with Crippen molar-refractivity contribution in [1.29, 1.82) is 0 Å². The van der Waals surface area contributed by atoms with Gasteiger partial charge in [0.15, 0.2) is 5.65 Å². The average molecular weight is 445 g/mol. The number of nitrogens with zero attached hydrogens (tertiary/aromatic N) is 4. The molecule has 32 heavy (non-hydrogen) atoms. The lowest BCUT2D eigenvalue weighted by molar-refractivity contribution is 0.100. The minimum absolute atomic E-state index is 0.340. The Morgan fingerprint density at radius 3 is 2.38 bits per heavy atom. The molecule has 0 bridgehead atoms. The Morgan fingerprint density at radius 2 is 1.69 bits per heavy atom. The van der Waals surface area contributed by atoms with E-state index < -0.39 is 5.91 Å². The van der Waals surface area contributed by atoms with Crippen LogP contribution in [0.1, 0.15) is 34.8 Å². The van der Waals surface area contributed by atoms with Gasteiger partial charge in [-0.05, 0) is 55.3 Å². The van der Waals surface area contributed by atoms with Crippen molar-refractivity contribution in [2.24, 2.45) is 5.73 Å². The highest BCUT2D eigenvalue weighted by Crippen LogP contribution is 2.33. The summed E-state index contributed by atoms with van der Waals surface area (Å²) in [6.45, 7) is 2.00. The van der Waals surface area contributed by atoms with E-state index in [2.05, 4.69) is 19.0 Å². The Balaban J connectivity index is 1.53. The molecule has 1 fully saturated rings. The van der Waals surface area contributed by atoms with Gasteiger partial charge in [0.1, 0.15) is 22.8 Å². The fraction of sp³-hybridized carbons (Fsp3) is 0.208. The van der Waals surface area contributed by atoms with Gasteiger partial charge in [-0.1, -0.05) is 27.6 Å². The monoisotopic (exact) mass is 445 g/mol. The van der Waals surface area contributed by atoms with Gasteiger partial charge in [-0.25, -0.2) is 9.50 Å². The number of nitrogens with two attached hydrogens (primary N) is 1. The highest BCUT2D eigenvalue weighted by Gasteiger charge is 2.26. The number of piperidine rings is 1. The molecular formula is C24H24N5O2P. The van der Waals surface area contributed by atoms with E-state index in [9.17, 15) is 4.79 Å². The third-order valence-electron chi connectivity index (χ3n) is 5.85. The summed E-state index contributed by atoms with van der Waals surface area (Å²) in [6.07, 6.45) is 3.79. The standard InChI is InChI=1S/C24H24N5O2P/c25-23(30)21-22(17-6-8-19(9-7-17)31-18-4-2-1-3-5-18)27-29-20(10-13-26-24(21)29)16-11-14-28(32)15-12-16/h1-10,13,16H,11-12,14-15,32H2,(H2,25,30). The first-order chi connectivity index (χ1) is 15.6. The van der Waals surface area contributed by atoms with Crippen LogP contribution in [0.25, 0.3) is 16.9 Å². The van der Waals surface area contributed by atoms with Crippen molar-refractivity contribution in [3.63, 3.8) is 0 Å². The van der Waals surface area contributed by atoms with E-state index in [1.54, 1.807) is 10.7 Å². The van der Waals surface area contributed by atoms with Crippen LogP contribution >= 0.6 is 9.39 Å². The second-order valence-electron chi connectivity index (χ2n) is 7.94. The van der Waals surface area contributed by atoms with Gasteiger partial charge >= 0.3 is 0 Å². The zero-order valence-corrected chi connectivity index (χ0v) is 18.7. The van der Waals surface area contributed by atoms with E-state index in [4.69, 9.17) is 15.6 Å². The number of carbonyl (C=O) groups excluding carboxylic acids is 1. The summed E-state index contributed by atoms with van der Waals surface area (Å²) < 4.78 is 9.92. The zero-order chi connectivity index (χ0) is 22.1. The van der Waals surface area contributed by atoms with Crippen LogP contribution in [0.15, 0.2) is 66.9 Å². The Labute approximate surface area is 188 Å². The highest BCUT2D eigenvalue weighted by atomic mass is 31.0. The number of hydrogen-bond donors (Lipinski definition) is 1. The summed E-state index contributed by atoms with van der Waals surface area (Å²) >= 11 is 0. The first-order valence-corrected chi connectivity index (χ1v) is 11.1. The summed E-state index contributed by atoms with van der Waals surface area (Å²) in [6, 6.07) is 19.1. The molecule has 2 aromatic heterocycles. The van der Waals surface area contributed by atoms with Crippen LogP contribution in [0.5, 0.6) is 11.5 Å². The predicted octanol–water partition coefficient (Wildman–Crippen LogP) is 4.26. The second kappa shape index (κ2) is 8.69. The molecule has 5 rings (SSSR count). The summed E-state index contributed by atoms with van der Waals surface area (Å²) in [5.41, 5.74) is 9.00. The normalized spacial score (nSPS) is 15.2. The van der Waals surface area contributed by atoms with E-state index in [0.29, 0.717) is 28.6 Å². The van der Waals surface area contributed by atoms with E-state index >= 15 is 0 Å². The molecule has 1 amide bonds. The van der Waals surface area contributed by atoms with Crippen molar-refractivity contribution in [2.75, 3.05) is 13.1 Å². The maximum Gasteiger partial charge on any atom is 0.254 e. The van der Waals surface area contributed by atoms with Gasteiger partial charge < -0.3 is 10.5 Å². The summed E-state index contributed by atoms with van der Waals surface area (Å²) in [5, 5.41) is 4.81. The smallest absolute Gasteiger partial charge is 0.254 e. The molecule has 1 aliphatic rings. The number of para-hydroxylation sites is 1. The average Bonchev–Trinajstić information content (AvgIpc) is 3.21. The number of ether oxygens (including phenoxy) is 1. The lowest BCUT2D eigenvalue weighted by Crippen LogP contribution is -2.26. The van der Waals surface area contributed by atoms with Crippen LogP contribution in [-0.4, -0.2) is 38.3 Å². The molecule has 0 spiro atoms. The van der Waals surface area contributed by atoms with Crippen LogP contribution in [0.2, 0.25) is 0 Å². The van der Waals surface area contributed by atoms with E-state index in [1.165, 1.54) is 0 Å². The molecule has 3 heterocycles. The van der Waals surface area contributed by atoms with Crippen molar-refractivity contribution in [3.05, 3.63) is 78.1 Å². The molecule has 8 heteroatoms. The Kier molecular flexibility index (Phi) is 5.60. The number of amides is 1. The molecule has 2 aromatic carbocycles. The van der Waals surface area contributed by atoms with Gasteiger partial charge in [-0.2, -0.15) is 5.10 Å². The third kappa shape index (κ3) is 3.97. The van der Waals surface area contributed by atoms with Crippen LogP contribution in [0.3, 0.4) is 0 Å². The second-order valence-corrected chi connectivity index (χ2v) is 8.67. The minimum atomic E-state index is -0.538. The number of carbonyl (C=O) groups is 1. The molecule has 4 aromatic rings. The lowest BCUT2D eigenvalue weighted by Gasteiger charge is -2.28. The van der Waals surface area contributed by atoms with Gasteiger partial charge in [-0.15, -0.1) is 0 Å². The maximum atomic E-state index is 12.4. The van der Waals surface area contributed by atoms with E-state index in [1.807, 2.05) is 60.7 Å². The lowest BCUT2D eigenvalue weighted by atomic mass is 9.94. The van der Waals surface area contributed by atoms with Gasteiger partial charge in [-0.3, -0.25) is 9.46 Å². The van der Waals surface area contributed by atoms with Crippen molar-refractivity contribution >= 4 is 20.9 Å². The highest BCUT2D eigenvalue weighted by molar-refractivity contribution is 7.13. The van der Waals surface area contributed by atoms with Gasteiger partial charge in [0.05, 0.1) is 0 Å². The molecule has 7 nitrogen and oxygen atoms in total. The summed E-state index contributed by atoms with van der Waals surface area (Å²) in [5.74, 6) is 1.28. The summed E-state index contributed by atoms with van der Waals surface area (Å²) in [7, 11) is 2.77. The molecule has 1 saturated heterocycles. The fourth-order valence-corrected chi connectivity index (χ4v) is 4.50. The van der Waals surface area contributed by atoms with E-state index in [-0.39, 0.29) is 0 Å². The molecule has 1 aliphatic heterocycles. The molecular weight excluding hydrogens is 421 g/mol. The number of aromatic nitrogens is 3. The molecule has 162 valence electrons. The number of fused-ring (bicyclic) bond motifs is 1. The largest absolute Gasteiger partial charge is 0.457 e. The molecule has 1 atom stereocenters. The van der Waals surface area contributed by atoms with Crippen LogP contribution in [0, 0.1) is 0 Å². The minimum Gasteiger partial charge on any atom is -0.457 e. The predicted molar refractivity (Wildman–Crippen MR) is 127 cm³/mol. The van der Waals surface area contributed by atoms with E-state index in [0.717, 1.165) is 42.9 Å². The quantitative estimate of drug-likeness (QED) is 0.464. The molecule has 2 N–H and O–H groups in total. The Morgan fingerprint density at radius 1 is 1.00 bits per heavy atom. The fourth-order valence-electron chi connectivity index (χ4n) is 4.20. The number of benzene rings is 2. The Hall–Kier alpha value is -3.28. The van der Waals surface area contributed by atoms with Crippen LogP contribution in [0.4, 0.5) is 0 Å². The van der Waals surface area contributed by atoms with Gasteiger partial charge in [0, 0.05) is 36.5 Å². The van der Waals surface area contributed by atoms with Crippen molar-refractivity contribution in [2.45, 2.75) is 18.8 Å². The SMILES string of the molecule is NC(=O)c1c(-c2ccc(Oc3ccccc3)cc2)nn2c(C3CCN(P)CC3)ccnc12. The third-order valence-corrected chi connectivity index (χ3v) is 6.37. The number of primary amides is 1. The first kappa shape index (κ1) is 20.6. The zero-order valence-electron chi connectivity index (χ0n) is 17.5. The van der Waals surface area contributed by atoms with Gasteiger partial charge in [0.25, 0.3) is 5.91 Å². The molecule has 0 saturated carbocycles. The topological polar surface area (TPSA) is 85.8 Å². The first-order valence-electron chi connectivity index (χ1n) is 10.6. The van der Waals surface area contributed by atoms with Crippen LogP contribution in [-0.2, 0) is 0 Å². The van der Waals surface area contributed by atoms with Gasteiger partial charge in [0.2, 0.25) is 0 Å². The maximum absolute atomic E-state index is 12.4. The molecule has 0 radical (unpaired) electrons. The van der Waals surface area contributed by atoms with Crippen molar-refractivity contribution in [3.8, 4) is 22.8 Å². The van der Waals surface area contributed by atoms with Crippen molar-refractivity contribution < 1.29 is 9.53 Å². The molecule has 1 unspecified atom stereocenters.